The lowest BCUT2D eigenvalue weighted by atomic mass is 10.0. The lowest BCUT2D eigenvalue weighted by molar-refractivity contribution is -0.113. The summed E-state index contributed by atoms with van der Waals surface area (Å²) in [5.41, 5.74) is 4.36. The van der Waals surface area contributed by atoms with Crippen LogP contribution in [0.25, 0.3) is 0 Å². The molecule has 102 valence electrons. The number of fused-ring (bicyclic) bond motifs is 1. The number of halogens is 1. The van der Waals surface area contributed by atoms with Crippen LogP contribution in [0.2, 0.25) is 0 Å². The van der Waals surface area contributed by atoms with E-state index in [1.165, 1.54) is 11.3 Å². The van der Waals surface area contributed by atoms with Gasteiger partial charge < -0.3 is 10.6 Å². The van der Waals surface area contributed by atoms with Gasteiger partial charge in [0, 0.05) is 22.4 Å². The third-order valence-electron chi connectivity index (χ3n) is 3.12. The second-order valence-electron chi connectivity index (χ2n) is 4.47. The summed E-state index contributed by atoms with van der Waals surface area (Å²) in [7, 11) is 0. The quantitative estimate of drug-likeness (QED) is 0.861. The van der Waals surface area contributed by atoms with Gasteiger partial charge in [-0.3, -0.25) is 9.78 Å². The summed E-state index contributed by atoms with van der Waals surface area (Å²) in [5, 5.41) is 6.62. The molecule has 20 heavy (non-hydrogen) atoms. The normalized spacial score (nSPS) is 17.3. The van der Waals surface area contributed by atoms with Gasteiger partial charge in [0.15, 0.2) is 5.78 Å². The number of hydrogen-bond donors (Lipinski definition) is 2. The van der Waals surface area contributed by atoms with Crippen molar-refractivity contribution in [2.45, 2.75) is 13.0 Å². The van der Waals surface area contributed by atoms with Crippen molar-refractivity contribution >= 4 is 44.4 Å². The van der Waals surface area contributed by atoms with Crippen LogP contribution < -0.4 is 10.6 Å². The molecule has 0 radical (unpaired) electrons. The maximum atomic E-state index is 11.9. The highest BCUT2D eigenvalue weighted by Crippen LogP contribution is 2.36. The number of rotatable bonds is 2. The molecule has 3 rings (SSSR count). The molecule has 0 saturated heterocycles. The van der Waals surface area contributed by atoms with Gasteiger partial charge in [-0.25, -0.2) is 0 Å². The van der Waals surface area contributed by atoms with Crippen LogP contribution in [0.4, 0.5) is 11.4 Å². The highest BCUT2D eigenvalue weighted by Gasteiger charge is 2.24. The molecule has 2 aromatic rings. The molecular formula is C14H12BrN3OS. The van der Waals surface area contributed by atoms with Crippen LogP contribution >= 0.6 is 27.3 Å². The maximum Gasteiger partial charge on any atom is 0.159 e. The summed E-state index contributed by atoms with van der Waals surface area (Å²) in [6.45, 7) is 1.58. The molecule has 1 aromatic heterocycles. The largest absolute Gasteiger partial charge is 0.371 e. The van der Waals surface area contributed by atoms with E-state index >= 15 is 0 Å². The number of hydrogen-bond acceptors (Lipinski definition) is 5. The van der Waals surface area contributed by atoms with E-state index in [2.05, 4.69) is 31.5 Å². The van der Waals surface area contributed by atoms with Crippen molar-refractivity contribution < 1.29 is 4.79 Å². The molecule has 0 spiro atoms. The summed E-state index contributed by atoms with van der Waals surface area (Å²) < 4.78 is 0.986. The Morgan fingerprint density at radius 3 is 2.95 bits per heavy atom. The number of carbonyl (C=O) groups excluding carboxylic acids is 1. The minimum atomic E-state index is -0.178. The van der Waals surface area contributed by atoms with E-state index in [-0.39, 0.29) is 11.8 Å². The molecule has 0 fully saturated rings. The number of anilines is 2. The van der Waals surface area contributed by atoms with Gasteiger partial charge in [0.25, 0.3) is 0 Å². The van der Waals surface area contributed by atoms with E-state index in [1.54, 1.807) is 24.8 Å². The van der Waals surface area contributed by atoms with E-state index in [9.17, 15) is 4.79 Å². The topological polar surface area (TPSA) is 54.0 Å². The molecule has 2 N–H and O–H groups in total. The maximum absolute atomic E-state index is 11.9. The second kappa shape index (κ2) is 5.38. The zero-order chi connectivity index (χ0) is 14.1. The Balaban J connectivity index is 2.07. The molecule has 0 amide bonds. The van der Waals surface area contributed by atoms with Crippen molar-refractivity contribution in [2.24, 2.45) is 0 Å². The van der Waals surface area contributed by atoms with Gasteiger partial charge in [-0.05, 0) is 25.1 Å². The summed E-state index contributed by atoms with van der Waals surface area (Å²) >= 11 is 5.00. The fraction of sp³-hybridized carbons (Fsp3) is 0.143. The number of Topliss-reactive ketones (excluding diaryl/α,β-unsaturated/α-hetero) is 1. The number of carbonyl (C=O) groups is 1. The lowest BCUT2D eigenvalue weighted by Crippen LogP contribution is -2.16. The number of nitrogens with one attached hydrogen (secondary N) is 2. The molecule has 4 nitrogen and oxygen atoms in total. The Morgan fingerprint density at radius 2 is 2.25 bits per heavy atom. The first-order valence-corrected chi connectivity index (χ1v) is 7.74. The number of thiazole rings is 1. The van der Waals surface area contributed by atoms with Gasteiger partial charge in [0.2, 0.25) is 0 Å². The molecule has 6 heteroatoms. The Kier molecular flexibility index (Phi) is 3.58. The minimum Gasteiger partial charge on any atom is -0.371 e. The third-order valence-corrected chi connectivity index (χ3v) is 4.45. The molecule has 0 bridgehead atoms. The summed E-state index contributed by atoms with van der Waals surface area (Å²) in [6.07, 6.45) is 3.57. The Labute approximate surface area is 129 Å². The lowest BCUT2D eigenvalue weighted by Gasteiger charge is -2.18. The van der Waals surface area contributed by atoms with E-state index < -0.39 is 0 Å². The predicted octanol–water partition coefficient (Wildman–Crippen LogP) is 3.96. The third kappa shape index (κ3) is 2.48. The van der Waals surface area contributed by atoms with Crippen molar-refractivity contribution in [3.63, 3.8) is 0 Å². The van der Waals surface area contributed by atoms with Crippen LogP contribution in [0.5, 0.6) is 0 Å². The van der Waals surface area contributed by atoms with Gasteiger partial charge in [-0.15, -0.1) is 11.3 Å². The van der Waals surface area contributed by atoms with Gasteiger partial charge in [-0.2, -0.15) is 0 Å². The van der Waals surface area contributed by atoms with Crippen molar-refractivity contribution in [3.05, 3.63) is 51.0 Å². The fourth-order valence-corrected chi connectivity index (χ4v) is 3.18. The highest BCUT2D eigenvalue weighted by molar-refractivity contribution is 9.10. The summed E-state index contributed by atoms with van der Waals surface area (Å²) in [6, 6.07) is 5.74. The van der Waals surface area contributed by atoms with Crippen LogP contribution in [0.1, 0.15) is 17.8 Å². The zero-order valence-corrected chi connectivity index (χ0v) is 13.1. The van der Waals surface area contributed by atoms with Crippen molar-refractivity contribution in [1.29, 1.82) is 0 Å². The molecule has 1 unspecified atom stereocenters. The van der Waals surface area contributed by atoms with Crippen LogP contribution in [0.15, 0.2) is 46.2 Å². The van der Waals surface area contributed by atoms with Gasteiger partial charge >= 0.3 is 0 Å². The molecule has 1 atom stereocenters. The standard InChI is InChI=1S/C14H12BrN3OS/c1-8(19)10-5-17-11-3-2-9(15)4-12(11)18-14(10)13-6-16-7-20-13/h2-7,14,17-18H,1H3. The van der Waals surface area contributed by atoms with Crippen molar-refractivity contribution in [2.75, 3.05) is 10.6 Å². The van der Waals surface area contributed by atoms with Gasteiger partial charge in [-0.1, -0.05) is 15.9 Å². The average Bonchev–Trinajstić information content (AvgIpc) is 2.86. The molecule has 0 aliphatic carbocycles. The number of nitrogens with zero attached hydrogens (tertiary/aromatic N) is 1. The first-order valence-electron chi connectivity index (χ1n) is 6.07. The molecular weight excluding hydrogens is 338 g/mol. The predicted molar refractivity (Wildman–Crippen MR) is 85.0 cm³/mol. The number of ketones is 1. The minimum absolute atomic E-state index is 0.0373. The van der Waals surface area contributed by atoms with Crippen LogP contribution in [0.3, 0.4) is 0 Å². The fourth-order valence-electron chi connectivity index (χ4n) is 2.13. The van der Waals surface area contributed by atoms with Crippen LogP contribution in [-0.4, -0.2) is 10.8 Å². The molecule has 1 aliphatic heterocycles. The zero-order valence-electron chi connectivity index (χ0n) is 10.7. The van der Waals surface area contributed by atoms with E-state index in [0.717, 1.165) is 20.7 Å². The van der Waals surface area contributed by atoms with Crippen molar-refractivity contribution in [1.82, 2.24) is 4.98 Å². The first-order chi connectivity index (χ1) is 9.65. The Hall–Kier alpha value is -1.66. The number of benzene rings is 1. The SMILES string of the molecule is CC(=O)C1=CNc2ccc(Br)cc2NC1c1cncs1. The van der Waals surface area contributed by atoms with Crippen LogP contribution in [-0.2, 0) is 4.79 Å². The second-order valence-corrected chi connectivity index (χ2v) is 6.30. The molecule has 0 saturated carbocycles. The van der Waals surface area contributed by atoms with Crippen molar-refractivity contribution in [3.8, 4) is 0 Å². The smallest absolute Gasteiger partial charge is 0.159 e. The highest BCUT2D eigenvalue weighted by atomic mass is 79.9. The van der Waals surface area contributed by atoms with E-state index in [0.29, 0.717) is 5.57 Å². The van der Waals surface area contributed by atoms with Gasteiger partial charge in [0.1, 0.15) is 0 Å². The summed E-state index contributed by atoms with van der Waals surface area (Å²) in [4.78, 5) is 17.0. The Morgan fingerprint density at radius 1 is 1.40 bits per heavy atom. The van der Waals surface area contributed by atoms with Gasteiger partial charge in [0.05, 0.1) is 27.8 Å². The summed E-state index contributed by atoms with van der Waals surface area (Å²) in [5.74, 6) is 0.0373. The first kappa shape index (κ1) is 13.3. The average molecular weight is 350 g/mol. The Bertz CT molecular complexity index is 682. The number of aromatic nitrogens is 1. The van der Waals surface area contributed by atoms with E-state index in [1.807, 2.05) is 18.2 Å². The van der Waals surface area contributed by atoms with E-state index in [4.69, 9.17) is 0 Å². The monoisotopic (exact) mass is 349 g/mol. The molecule has 2 heterocycles. The molecule has 1 aromatic carbocycles. The van der Waals surface area contributed by atoms with Crippen LogP contribution in [0, 0.1) is 0 Å². The molecule has 1 aliphatic rings.